The summed E-state index contributed by atoms with van der Waals surface area (Å²) in [7, 11) is 0. The van der Waals surface area contributed by atoms with Crippen molar-refractivity contribution in [3.8, 4) is 0 Å². The van der Waals surface area contributed by atoms with Crippen LogP contribution in [0, 0.1) is 5.41 Å². The molecular formula is C13H19FN2. The second-order valence-corrected chi connectivity index (χ2v) is 4.78. The van der Waals surface area contributed by atoms with Crippen LogP contribution >= 0.6 is 0 Å². The van der Waals surface area contributed by atoms with Gasteiger partial charge in [0.2, 0.25) is 0 Å². The number of hydrogen-bond acceptors (Lipinski definition) is 2. The van der Waals surface area contributed by atoms with Gasteiger partial charge in [-0.15, -0.1) is 0 Å². The molecule has 0 bridgehead atoms. The zero-order chi connectivity index (χ0) is 11.4. The van der Waals surface area contributed by atoms with Crippen molar-refractivity contribution in [2.75, 3.05) is 26.3 Å². The number of halogens is 1. The zero-order valence-electron chi connectivity index (χ0n) is 9.53. The Hall–Kier alpha value is -0.930. The highest BCUT2D eigenvalue weighted by atomic mass is 19.1. The molecule has 1 aliphatic rings. The molecule has 0 saturated carbocycles. The van der Waals surface area contributed by atoms with E-state index in [1.807, 2.05) is 18.2 Å². The monoisotopic (exact) mass is 222 g/mol. The molecule has 16 heavy (non-hydrogen) atoms. The lowest BCUT2D eigenvalue weighted by Crippen LogP contribution is -2.35. The van der Waals surface area contributed by atoms with Gasteiger partial charge in [-0.1, -0.05) is 30.3 Å². The molecule has 3 heteroatoms. The van der Waals surface area contributed by atoms with Gasteiger partial charge in [-0.25, -0.2) is 0 Å². The van der Waals surface area contributed by atoms with Crippen LogP contribution < -0.4 is 5.73 Å². The van der Waals surface area contributed by atoms with Crippen molar-refractivity contribution in [1.29, 1.82) is 0 Å². The van der Waals surface area contributed by atoms with Gasteiger partial charge in [0.05, 0.1) is 6.67 Å². The summed E-state index contributed by atoms with van der Waals surface area (Å²) < 4.78 is 13.0. The second-order valence-electron chi connectivity index (χ2n) is 4.78. The first-order valence-corrected chi connectivity index (χ1v) is 5.80. The number of nitrogens with two attached hydrogens (primary N) is 1. The molecule has 88 valence electrons. The Morgan fingerprint density at radius 2 is 2.06 bits per heavy atom. The van der Waals surface area contributed by atoms with Gasteiger partial charge in [0.25, 0.3) is 0 Å². The highest BCUT2D eigenvalue weighted by Crippen LogP contribution is 2.30. The average Bonchev–Trinajstić information content (AvgIpc) is 2.75. The minimum atomic E-state index is -0.297. The Morgan fingerprint density at radius 3 is 2.62 bits per heavy atom. The van der Waals surface area contributed by atoms with Crippen molar-refractivity contribution in [1.82, 2.24) is 4.90 Å². The summed E-state index contributed by atoms with van der Waals surface area (Å²) in [6.07, 6.45) is 0.882. The average molecular weight is 222 g/mol. The molecule has 0 radical (unpaired) electrons. The summed E-state index contributed by atoms with van der Waals surface area (Å²) in [5, 5.41) is 0. The van der Waals surface area contributed by atoms with Gasteiger partial charge in [0.15, 0.2) is 0 Å². The van der Waals surface area contributed by atoms with Crippen LogP contribution in [0.5, 0.6) is 0 Å². The smallest absolute Gasteiger partial charge is 0.0975 e. The summed E-state index contributed by atoms with van der Waals surface area (Å²) >= 11 is 0. The van der Waals surface area contributed by atoms with E-state index in [-0.39, 0.29) is 12.1 Å². The van der Waals surface area contributed by atoms with Crippen molar-refractivity contribution in [3.05, 3.63) is 35.9 Å². The third-order valence-electron chi connectivity index (χ3n) is 3.48. The number of rotatable bonds is 4. The molecule has 1 heterocycles. The molecule has 1 saturated heterocycles. The number of likely N-dealkylation sites (tertiary alicyclic amines) is 1. The molecule has 0 amide bonds. The van der Waals surface area contributed by atoms with E-state index in [0.29, 0.717) is 6.54 Å². The first-order chi connectivity index (χ1) is 7.78. The Morgan fingerprint density at radius 1 is 1.31 bits per heavy atom. The Balaban J connectivity index is 1.95. The standard InChI is InChI=1S/C13H19FN2/c14-9-13(10-15)6-7-16(11-13)8-12-4-2-1-3-5-12/h1-5H,6-11,15H2. The van der Waals surface area contributed by atoms with Crippen LogP contribution in [0.3, 0.4) is 0 Å². The SMILES string of the molecule is NCC1(CF)CCN(Cc2ccccc2)C1. The fraction of sp³-hybridized carbons (Fsp3) is 0.538. The van der Waals surface area contributed by atoms with Gasteiger partial charge < -0.3 is 5.73 Å². The summed E-state index contributed by atoms with van der Waals surface area (Å²) in [5.41, 5.74) is 6.67. The van der Waals surface area contributed by atoms with Crippen LogP contribution in [0.2, 0.25) is 0 Å². The summed E-state index contributed by atoms with van der Waals surface area (Å²) in [4.78, 5) is 2.29. The molecule has 0 aliphatic carbocycles. The fourth-order valence-corrected chi connectivity index (χ4v) is 2.33. The largest absolute Gasteiger partial charge is 0.330 e. The topological polar surface area (TPSA) is 29.3 Å². The van der Waals surface area contributed by atoms with Crippen molar-refractivity contribution in [2.45, 2.75) is 13.0 Å². The predicted octanol–water partition coefficient (Wildman–Crippen LogP) is 1.81. The zero-order valence-corrected chi connectivity index (χ0v) is 9.53. The van der Waals surface area contributed by atoms with Crippen molar-refractivity contribution < 1.29 is 4.39 Å². The minimum absolute atomic E-state index is 0.283. The van der Waals surface area contributed by atoms with E-state index in [1.54, 1.807) is 0 Å². The van der Waals surface area contributed by atoms with Gasteiger partial charge in [0.1, 0.15) is 0 Å². The molecule has 1 fully saturated rings. The van der Waals surface area contributed by atoms with Crippen molar-refractivity contribution in [3.63, 3.8) is 0 Å². The van der Waals surface area contributed by atoms with E-state index in [0.717, 1.165) is 26.1 Å². The van der Waals surface area contributed by atoms with Gasteiger partial charge in [-0.05, 0) is 18.5 Å². The number of hydrogen-bond donors (Lipinski definition) is 1. The van der Waals surface area contributed by atoms with Crippen LogP contribution in [0.4, 0.5) is 4.39 Å². The maximum Gasteiger partial charge on any atom is 0.0975 e. The first kappa shape index (κ1) is 11.6. The van der Waals surface area contributed by atoms with Crippen LogP contribution in [0.25, 0.3) is 0 Å². The van der Waals surface area contributed by atoms with Gasteiger partial charge >= 0.3 is 0 Å². The minimum Gasteiger partial charge on any atom is -0.330 e. The summed E-state index contributed by atoms with van der Waals surface area (Å²) in [6.45, 7) is 2.80. The molecular weight excluding hydrogens is 203 g/mol. The maximum absolute atomic E-state index is 13.0. The predicted molar refractivity (Wildman–Crippen MR) is 63.8 cm³/mol. The highest BCUT2D eigenvalue weighted by Gasteiger charge is 2.36. The van der Waals surface area contributed by atoms with Gasteiger partial charge in [-0.3, -0.25) is 9.29 Å². The third-order valence-corrected chi connectivity index (χ3v) is 3.48. The van der Waals surface area contributed by atoms with Crippen molar-refractivity contribution >= 4 is 0 Å². The highest BCUT2D eigenvalue weighted by molar-refractivity contribution is 5.14. The lowest BCUT2D eigenvalue weighted by molar-refractivity contribution is 0.204. The molecule has 2 rings (SSSR count). The summed E-state index contributed by atoms with van der Waals surface area (Å²) in [6, 6.07) is 10.3. The molecule has 1 unspecified atom stereocenters. The molecule has 1 aromatic rings. The normalized spacial score (nSPS) is 26.1. The molecule has 2 nitrogen and oxygen atoms in total. The molecule has 1 atom stereocenters. The molecule has 1 aromatic carbocycles. The summed E-state index contributed by atoms with van der Waals surface area (Å²) in [5.74, 6) is 0. The Kier molecular flexibility index (Phi) is 3.56. The van der Waals surface area contributed by atoms with Crippen LogP contribution in [0.15, 0.2) is 30.3 Å². The van der Waals surface area contributed by atoms with Gasteiger partial charge in [-0.2, -0.15) is 0 Å². The third kappa shape index (κ3) is 2.42. The number of nitrogens with zero attached hydrogens (tertiary/aromatic N) is 1. The Bertz CT molecular complexity index is 322. The van der Waals surface area contributed by atoms with E-state index in [4.69, 9.17) is 5.73 Å². The molecule has 1 aliphatic heterocycles. The van der Waals surface area contributed by atoms with E-state index in [2.05, 4.69) is 17.0 Å². The number of benzene rings is 1. The second kappa shape index (κ2) is 4.93. The van der Waals surface area contributed by atoms with E-state index >= 15 is 0 Å². The van der Waals surface area contributed by atoms with E-state index in [1.165, 1.54) is 5.56 Å². The van der Waals surface area contributed by atoms with Crippen LogP contribution in [-0.4, -0.2) is 31.2 Å². The van der Waals surface area contributed by atoms with E-state index in [9.17, 15) is 4.39 Å². The number of alkyl halides is 1. The van der Waals surface area contributed by atoms with Crippen molar-refractivity contribution in [2.24, 2.45) is 11.1 Å². The molecule has 0 spiro atoms. The molecule has 2 N–H and O–H groups in total. The van der Waals surface area contributed by atoms with Crippen LogP contribution in [0.1, 0.15) is 12.0 Å². The van der Waals surface area contributed by atoms with Gasteiger partial charge in [0, 0.05) is 25.0 Å². The maximum atomic E-state index is 13.0. The lowest BCUT2D eigenvalue weighted by atomic mass is 9.89. The lowest BCUT2D eigenvalue weighted by Gasteiger charge is -2.24. The quantitative estimate of drug-likeness (QED) is 0.841. The van der Waals surface area contributed by atoms with Crippen LogP contribution in [-0.2, 0) is 6.54 Å². The van der Waals surface area contributed by atoms with E-state index < -0.39 is 0 Å². The first-order valence-electron chi connectivity index (χ1n) is 5.80. The molecule has 0 aromatic heterocycles. The Labute approximate surface area is 96.2 Å². The fourth-order valence-electron chi connectivity index (χ4n) is 2.33.